The van der Waals surface area contributed by atoms with Gasteiger partial charge in [-0.15, -0.1) is 11.3 Å². The van der Waals surface area contributed by atoms with Gasteiger partial charge in [-0.25, -0.2) is 0 Å². The molecule has 0 fully saturated rings. The lowest BCUT2D eigenvalue weighted by Gasteiger charge is -2.42. The maximum absolute atomic E-state index is 2.50. The van der Waals surface area contributed by atoms with E-state index in [0.717, 1.165) is 6.42 Å². The highest BCUT2D eigenvalue weighted by molar-refractivity contribution is 7.08. The van der Waals surface area contributed by atoms with Crippen LogP contribution in [0.15, 0.2) is 126 Å². The summed E-state index contributed by atoms with van der Waals surface area (Å²) in [7, 11) is 0. The van der Waals surface area contributed by atoms with Gasteiger partial charge in [0.05, 0.1) is 22.3 Å². The Morgan fingerprint density at radius 1 is 0.732 bits per heavy atom. The predicted molar refractivity (Wildman–Crippen MR) is 176 cm³/mol. The summed E-state index contributed by atoms with van der Waals surface area (Å²) < 4.78 is 2.50. The largest absolute Gasteiger partial charge is 0.332 e. The highest BCUT2D eigenvalue weighted by Gasteiger charge is 2.36. The third-order valence-corrected chi connectivity index (χ3v) is 9.98. The van der Waals surface area contributed by atoms with Crippen LogP contribution in [0, 0.1) is 0 Å². The van der Waals surface area contributed by atoms with Crippen LogP contribution in [0.25, 0.3) is 33.1 Å². The number of fused-ring (bicyclic) bond motifs is 5. The fourth-order valence-corrected chi connectivity index (χ4v) is 8.05. The maximum atomic E-state index is 2.50. The molecule has 0 radical (unpaired) electrons. The zero-order chi connectivity index (χ0) is 27.8. The molecular formula is C38H32N2S. The quantitative estimate of drug-likeness (QED) is 0.213. The molecule has 1 unspecified atom stereocenters. The van der Waals surface area contributed by atoms with Gasteiger partial charge in [0.1, 0.15) is 0 Å². The number of hydrogen-bond acceptors (Lipinski definition) is 2. The Balaban J connectivity index is 1.22. The number of anilines is 2. The summed E-state index contributed by atoms with van der Waals surface area (Å²) in [5.74, 6) is 0. The van der Waals surface area contributed by atoms with E-state index in [2.05, 4.69) is 156 Å². The van der Waals surface area contributed by atoms with Gasteiger partial charge in [-0.3, -0.25) is 0 Å². The summed E-state index contributed by atoms with van der Waals surface area (Å²) in [5.41, 5.74) is 11.6. The fourth-order valence-electron chi connectivity index (χ4n) is 7.07. The first-order chi connectivity index (χ1) is 20.0. The van der Waals surface area contributed by atoms with Crippen molar-refractivity contribution >= 4 is 50.1 Å². The van der Waals surface area contributed by atoms with Crippen molar-refractivity contribution < 1.29 is 0 Å². The van der Waals surface area contributed by atoms with Crippen molar-refractivity contribution in [1.82, 2.24) is 4.57 Å². The van der Waals surface area contributed by atoms with Crippen molar-refractivity contribution in [2.24, 2.45) is 0 Å². The van der Waals surface area contributed by atoms with E-state index in [0.29, 0.717) is 0 Å². The predicted octanol–water partition coefficient (Wildman–Crippen LogP) is 10.4. The molecule has 0 bridgehead atoms. The summed E-state index contributed by atoms with van der Waals surface area (Å²) in [6, 6.07) is 35.4. The third kappa shape index (κ3) is 3.55. The number of rotatable bonds is 4. The Kier molecular flexibility index (Phi) is 5.27. The zero-order valence-electron chi connectivity index (χ0n) is 23.6. The van der Waals surface area contributed by atoms with E-state index in [1.165, 1.54) is 61.1 Å². The first-order valence-electron chi connectivity index (χ1n) is 14.4. The van der Waals surface area contributed by atoms with E-state index in [1.807, 2.05) is 0 Å². The van der Waals surface area contributed by atoms with E-state index < -0.39 is 0 Å². The molecule has 3 heteroatoms. The van der Waals surface area contributed by atoms with Gasteiger partial charge in [-0.1, -0.05) is 92.7 Å². The minimum Gasteiger partial charge on any atom is -0.332 e. The minimum absolute atomic E-state index is 0.00940. The van der Waals surface area contributed by atoms with E-state index in [1.54, 1.807) is 11.3 Å². The molecular weight excluding hydrogens is 516 g/mol. The highest BCUT2D eigenvalue weighted by Crippen LogP contribution is 2.49. The molecule has 1 atom stereocenters. The molecule has 2 aliphatic rings. The van der Waals surface area contributed by atoms with Crippen LogP contribution in [0.1, 0.15) is 43.9 Å². The van der Waals surface area contributed by atoms with Crippen molar-refractivity contribution in [1.29, 1.82) is 0 Å². The number of nitrogens with zero attached hydrogens (tertiary/aromatic N) is 2. The molecule has 0 saturated carbocycles. The second-order valence-electron chi connectivity index (χ2n) is 12.1. The lowest BCUT2D eigenvalue weighted by atomic mass is 9.76. The SMILES string of the molecule is CC1(C)c2cscc2-n2c3ccc(C4=CCC(C)(N(c5ccccc5)c5ccccc5)C=C4)cc3c3cccc1c32. The Labute approximate surface area is 245 Å². The zero-order valence-corrected chi connectivity index (χ0v) is 24.5. The summed E-state index contributed by atoms with van der Waals surface area (Å²) in [6.45, 7) is 7.07. The minimum atomic E-state index is -0.180. The molecule has 2 aromatic heterocycles. The standard InChI is InChI=1S/C38H32N2S/c1-37(2)32-16-10-15-30-31-23-27(17-18-34(31)39(36(30)32)35-25-41-24-33(35)37)26-19-21-38(3,22-20-26)40(28-11-6-4-7-12-28)29-13-8-5-9-14-29/h4-21,23-25H,22H2,1-3H3. The van der Waals surface area contributed by atoms with Crippen molar-refractivity contribution in [3.63, 3.8) is 0 Å². The van der Waals surface area contributed by atoms with E-state index in [-0.39, 0.29) is 11.0 Å². The Hall–Kier alpha value is -4.34. The molecule has 200 valence electrons. The van der Waals surface area contributed by atoms with Gasteiger partial charge in [-0.2, -0.15) is 0 Å². The van der Waals surface area contributed by atoms with Gasteiger partial charge in [0, 0.05) is 32.9 Å². The molecule has 0 N–H and O–H groups in total. The molecule has 0 amide bonds. The molecule has 41 heavy (non-hydrogen) atoms. The number of benzene rings is 4. The first kappa shape index (κ1) is 24.5. The molecule has 2 nitrogen and oxygen atoms in total. The van der Waals surface area contributed by atoms with E-state index in [4.69, 9.17) is 0 Å². The van der Waals surface area contributed by atoms with Crippen LogP contribution >= 0.6 is 11.3 Å². The molecule has 6 aromatic rings. The van der Waals surface area contributed by atoms with Gasteiger partial charge in [-0.05, 0) is 77.4 Å². The molecule has 1 aliphatic carbocycles. The molecule has 1 aliphatic heterocycles. The smallest absolute Gasteiger partial charge is 0.0643 e. The third-order valence-electron chi connectivity index (χ3n) is 9.25. The Bertz CT molecular complexity index is 1970. The van der Waals surface area contributed by atoms with Crippen LogP contribution < -0.4 is 4.90 Å². The summed E-state index contributed by atoms with van der Waals surface area (Å²) in [4.78, 5) is 2.46. The summed E-state index contributed by atoms with van der Waals surface area (Å²) in [6.07, 6.45) is 8.05. The molecule has 4 aromatic carbocycles. The molecule has 0 saturated heterocycles. The Morgan fingerprint density at radius 2 is 1.46 bits per heavy atom. The molecule has 0 spiro atoms. The average Bonchev–Trinajstić information content (AvgIpc) is 3.62. The summed E-state index contributed by atoms with van der Waals surface area (Å²) >= 11 is 1.81. The maximum Gasteiger partial charge on any atom is 0.0643 e. The highest BCUT2D eigenvalue weighted by atomic mass is 32.1. The number of para-hydroxylation sites is 3. The van der Waals surface area contributed by atoms with Crippen molar-refractivity contribution in [2.45, 2.75) is 38.1 Å². The lowest BCUT2D eigenvalue weighted by Crippen LogP contribution is -2.42. The number of thiophene rings is 1. The van der Waals surface area contributed by atoms with Gasteiger partial charge in [0.15, 0.2) is 0 Å². The summed E-state index contributed by atoms with van der Waals surface area (Å²) in [5, 5.41) is 7.32. The van der Waals surface area contributed by atoms with Crippen molar-refractivity contribution in [3.8, 4) is 5.69 Å². The number of allylic oxidation sites excluding steroid dienone is 2. The van der Waals surface area contributed by atoms with Crippen LogP contribution in [-0.4, -0.2) is 10.1 Å². The average molecular weight is 549 g/mol. The molecule has 3 heterocycles. The van der Waals surface area contributed by atoms with Crippen LogP contribution in [0.3, 0.4) is 0 Å². The van der Waals surface area contributed by atoms with Gasteiger partial charge >= 0.3 is 0 Å². The number of aromatic nitrogens is 1. The normalized spacial score (nSPS) is 18.9. The van der Waals surface area contributed by atoms with Crippen molar-refractivity contribution in [3.05, 3.63) is 143 Å². The van der Waals surface area contributed by atoms with Gasteiger partial charge in [0.25, 0.3) is 0 Å². The first-order valence-corrected chi connectivity index (χ1v) is 15.3. The fraction of sp³-hybridized carbons (Fsp3) is 0.158. The van der Waals surface area contributed by atoms with Gasteiger partial charge < -0.3 is 9.47 Å². The Morgan fingerprint density at radius 3 is 2.15 bits per heavy atom. The van der Waals surface area contributed by atoms with Crippen molar-refractivity contribution in [2.75, 3.05) is 4.90 Å². The van der Waals surface area contributed by atoms with Crippen LogP contribution in [0.4, 0.5) is 11.4 Å². The second-order valence-corrected chi connectivity index (χ2v) is 12.9. The van der Waals surface area contributed by atoms with E-state index >= 15 is 0 Å². The monoisotopic (exact) mass is 548 g/mol. The number of hydrogen-bond donors (Lipinski definition) is 0. The molecule has 8 rings (SSSR count). The van der Waals surface area contributed by atoms with E-state index in [9.17, 15) is 0 Å². The second kappa shape index (κ2) is 8.83. The topological polar surface area (TPSA) is 8.17 Å². The van der Waals surface area contributed by atoms with Crippen LogP contribution in [0.2, 0.25) is 0 Å². The van der Waals surface area contributed by atoms with Crippen LogP contribution in [0.5, 0.6) is 0 Å². The lowest BCUT2D eigenvalue weighted by molar-refractivity contribution is 0.571. The van der Waals surface area contributed by atoms with Gasteiger partial charge in [0.2, 0.25) is 0 Å². The van der Waals surface area contributed by atoms with Crippen LogP contribution in [-0.2, 0) is 5.41 Å².